The molecule has 234 valence electrons. The van der Waals surface area contributed by atoms with E-state index in [4.69, 9.17) is 18.9 Å². The number of ether oxygens (including phenoxy) is 4. The van der Waals surface area contributed by atoms with E-state index in [1.807, 2.05) is 25.1 Å². The Labute approximate surface area is 249 Å². The fraction of sp³-hybridized carbons (Fsp3) is 0.765. The highest BCUT2D eigenvalue weighted by Gasteiger charge is 2.20. The van der Waals surface area contributed by atoms with Gasteiger partial charge in [0.15, 0.2) is 0 Å². The molecule has 1 unspecified atom stereocenters. The number of hydrogen-bond acceptors (Lipinski definition) is 7. The van der Waals surface area contributed by atoms with Crippen LogP contribution in [0.2, 0.25) is 0 Å². The fourth-order valence-electron chi connectivity index (χ4n) is 5.60. The van der Waals surface area contributed by atoms with E-state index in [9.17, 15) is 9.59 Å². The molecule has 1 saturated heterocycles. The van der Waals surface area contributed by atoms with Crippen LogP contribution in [0.15, 0.2) is 18.2 Å². The van der Waals surface area contributed by atoms with Crippen LogP contribution >= 0.6 is 0 Å². The zero-order valence-electron chi connectivity index (χ0n) is 26.4. The third-order valence-corrected chi connectivity index (χ3v) is 7.95. The normalized spacial score (nSPS) is 15.7. The lowest BCUT2D eigenvalue weighted by molar-refractivity contribution is -0.150. The average molecular weight is 576 g/mol. The molecule has 41 heavy (non-hydrogen) atoms. The molecule has 0 N–H and O–H groups in total. The first-order chi connectivity index (χ1) is 19.9. The maximum atomic E-state index is 12.4. The van der Waals surface area contributed by atoms with Crippen LogP contribution in [0.4, 0.5) is 4.79 Å². The highest BCUT2D eigenvalue weighted by molar-refractivity contribution is 5.70. The Morgan fingerprint density at radius 2 is 1.54 bits per heavy atom. The Balaban J connectivity index is 1.70. The zero-order chi connectivity index (χ0) is 29.7. The van der Waals surface area contributed by atoms with Crippen LogP contribution in [0.25, 0.3) is 0 Å². The third-order valence-electron chi connectivity index (χ3n) is 7.95. The predicted octanol–water partition coefficient (Wildman–Crippen LogP) is 8.00. The van der Waals surface area contributed by atoms with E-state index in [0.29, 0.717) is 25.0 Å². The van der Waals surface area contributed by atoms with Gasteiger partial charge in [-0.05, 0) is 68.8 Å². The van der Waals surface area contributed by atoms with Gasteiger partial charge in [-0.25, -0.2) is 9.59 Å². The van der Waals surface area contributed by atoms with E-state index < -0.39 is 6.16 Å². The lowest BCUT2D eigenvalue weighted by Gasteiger charge is -2.31. The Morgan fingerprint density at radius 3 is 2.17 bits per heavy atom. The first-order valence-electron chi connectivity index (χ1n) is 16.3. The number of benzene rings is 1. The summed E-state index contributed by atoms with van der Waals surface area (Å²) in [5, 5.41) is 0. The number of nitrogens with zero attached hydrogens (tertiary/aromatic N) is 1. The second kappa shape index (κ2) is 21.6. The molecule has 1 aromatic rings. The summed E-state index contributed by atoms with van der Waals surface area (Å²) in [4.78, 5) is 27.0. The summed E-state index contributed by atoms with van der Waals surface area (Å²) < 4.78 is 22.0. The lowest BCUT2D eigenvalue weighted by Crippen LogP contribution is -2.37. The number of hydrogen-bond donors (Lipinski definition) is 0. The predicted molar refractivity (Wildman–Crippen MR) is 164 cm³/mol. The Morgan fingerprint density at radius 1 is 0.878 bits per heavy atom. The molecule has 0 spiro atoms. The highest BCUT2D eigenvalue weighted by atomic mass is 16.7. The van der Waals surface area contributed by atoms with Gasteiger partial charge >= 0.3 is 12.1 Å². The number of carbonyl (C=O) groups excluding carboxylic acids is 2. The van der Waals surface area contributed by atoms with E-state index in [1.54, 1.807) is 0 Å². The van der Waals surface area contributed by atoms with Gasteiger partial charge in [-0.15, -0.1) is 0 Å². The molecule has 7 heteroatoms. The van der Waals surface area contributed by atoms with Gasteiger partial charge in [0.2, 0.25) is 0 Å². The minimum absolute atomic E-state index is 0.0228. The quantitative estimate of drug-likeness (QED) is 0.109. The molecule has 0 aliphatic carbocycles. The second-order valence-corrected chi connectivity index (χ2v) is 11.8. The maximum Gasteiger partial charge on any atom is 0.508 e. The first-order valence-corrected chi connectivity index (χ1v) is 16.3. The van der Waals surface area contributed by atoms with Crippen molar-refractivity contribution in [3.63, 3.8) is 0 Å². The number of unbranched alkanes of at least 4 members (excludes halogenated alkanes) is 6. The van der Waals surface area contributed by atoms with E-state index in [0.717, 1.165) is 49.2 Å². The van der Waals surface area contributed by atoms with Crippen LogP contribution in [0, 0.1) is 18.8 Å². The summed E-state index contributed by atoms with van der Waals surface area (Å²) in [6.45, 7) is 13.0. The second-order valence-electron chi connectivity index (χ2n) is 11.8. The van der Waals surface area contributed by atoms with Crippen LogP contribution in [0.3, 0.4) is 0 Å². The minimum Gasteiger partial charge on any atom is -0.459 e. The summed E-state index contributed by atoms with van der Waals surface area (Å²) in [6.07, 6.45) is 14.0. The van der Waals surface area contributed by atoms with E-state index in [-0.39, 0.29) is 25.8 Å². The van der Waals surface area contributed by atoms with Crippen LogP contribution in [-0.4, -0.2) is 56.5 Å². The standard InChI is InChI=1S/C34H57NO6/c1-5-8-10-12-15-29(16-13-11-9-6-2)23-38-27-33(36)39-25-31-19-28(4)20-32(21-31)26-41-34(37)40-24-30-17-14-18-35(7-3)22-30/h19-21,29-30H,5-18,22-27H2,1-4H3. The number of carbonyl (C=O) groups is 2. The molecule has 0 saturated carbocycles. The van der Waals surface area contributed by atoms with Gasteiger partial charge in [0.25, 0.3) is 0 Å². The van der Waals surface area contributed by atoms with Gasteiger partial charge in [0.05, 0.1) is 13.2 Å². The molecule has 0 radical (unpaired) electrons. The molecule has 1 aromatic carbocycles. The molecule has 1 aliphatic heterocycles. The number of piperidine rings is 1. The van der Waals surface area contributed by atoms with Gasteiger partial charge in [0, 0.05) is 12.5 Å². The van der Waals surface area contributed by atoms with Crippen molar-refractivity contribution in [3.8, 4) is 0 Å². The molecule has 7 nitrogen and oxygen atoms in total. The summed E-state index contributed by atoms with van der Waals surface area (Å²) in [5.74, 6) is 0.521. The Kier molecular flexibility index (Phi) is 18.4. The van der Waals surface area contributed by atoms with Crippen molar-refractivity contribution in [1.29, 1.82) is 0 Å². The van der Waals surface area contributed by atoms with Crippen molar-refractivity contribution in [3.05, 3.63) is 34.9 Å². The van der Waals surface area contributed by atoms with Crippen molar-refractivity contribution >= 4 is 12.1 Å². The summed E-state index contributed by atoms with van der Waals surface area (Å²) in [5.41, 5.74) is 2.71. The van der Waals surface area contributed by atoms with Crippen LogP contribution in [0.1, 0.15) is 115 Å². The molecule has 1 atom stereocenters. The van der Waals surface area contributed by atoms with E-state index in [2.05, 4.69) is 25.7 Å². The van der Waals surface area contributed by atoms with Crippen molar-refractivity contribution < 1.29 is 28.5 Å². The van der Waals surface area contributed by atoms with Crippen LogP contribution in [-0.2, 0) is 37.0 Å². The fourth-order valence-corrected chi connectivity index (χ4v) is 5.60. The molecular weight excluding hydrogens is 518 g/mol. The number of rotatable bonds is 21. The highest BCUT2D eigenvalue weighted by Crippen LogP contribution is 2.20. The number of likely N-dealkylation sites (tertiary alicyclic amines) is 1. The monoisotopic (exact) mass is 575 g/mol. The molecule has 1 aliphatic rings. The Bertz CT molecular complexity index is 848. The van der Waals surface area contributed by atoms with Gasteiger partial charge < -0.3 is 23.8 Å². The van der Waals surface area contributed by atoms with Crippen molar-refractivity contribution in [2.75, 3.05) is 39.5 Å². The van der Waals surface area contributed by atoms with Crippen LogP contribution in [0.5, 0.6) is 0 Å². The third kappa shape index (κ3) is 16.2. The van der Waals surface area contributed by atoms with Gasteiger partial charge in [-0.2, -0.15) is 0 Å². The van der Waals surface area contributed by atoms with Gasteiger partial charge in [0.1, 0.15) is 19.8 Å². The topological polar surface area (TPSA) is 74.3 Å². The number of esters is 1. The van der Waals surface area contributed by atoms with Crippen molar-refractivity contribution in [2.24, 2.45) is 11.8 Å². The average Bonchev–Trinajstić information content (AvgIpc) is 2.97. The molecule has 1 fully saturated rings. The SMILES string of the molecule is CCCCCCC(CCCCCC)COCC(=O)OCc1cc(C)cc(COC(=O)OCC2CCCN(CC)C2)c1. The van der Waals surface area contributed by atoms with Gasteiger partial charge in [-0.3, -0.25) is 0 Å². The maximum absolute atomic E-state index is 12.4. The summed E-state index contributed by atoms with van der Waals surface area (Å²) >= 11 is 0. The van der Waals surface area contributed by atoms with Crippen molar-refractivity contribution in [1.82, 2.24) is 4.90 Å². The van der Waals surface area contributed by atoms with Crippen LogP contribution < -0.4 is 0 Å². The Hall–Kier alpha value is -2.12. The van der Waals surface area contributed by atoms with E-state index >= 15 is 0 Å². The minimum atomic E-state index is -0.640. The smallest absolute Gasteiger partial charge is 0.459 e. The molecule has 1 heterocycles. The molecule has 0 bridgehead atoms. The van der Waals surface area contributed by atoms with Gasteiger partial charge in [-0.1, -0.05) is 89.8 Å². The van der Waals surface area contributed by atoms with Crippen molar-refractivity contribution in [2.45, 2.75) is 118 Å². The molecule has 2 rings (SSSR count). The number of aryl methyl sites for hydroxylation is 1. The molecular formula is C34H57NO6. The molecule has 0 aromatic heterocycles. The zero-order valence-corrected chi connectivity index (χ0v) is 26.4. The van der Waals surface area contributed by atoms with E-state index in [1.165, 1.54) is 64.2 Å². The summed E-state index contributed by atoms with van der Waals surface area (Å²) in [6, 6.07) is 5.83. The lowest BCUT2D eigenvalue weighted by atomic mass is 9.95. The summed E-state index contributed by atoms with van der Waals surface area (Å²) in [7, 11) is 0. The largest absolute Gasteiger partial charge is 0.508 e. The molecule has 0 amide bonds. The first kappa shape index (κ1) is 35.1.